The van der Waals surface area contributed by atoms with Gasteiger partial charge in [-0.3, -0.25) is 9.59 Å². The van der Waals surface area contributed by atoms with E-state index in [0.29, 0.717) is 18.7 Å². The topological polar surface area (TPSA) is 49.4 Å². The number of carbonyl (C=O) groups excluding carboxylic acids is 2. The second kappa shape index (κ2) is 6.46. The lowest BCUT2D eigenvalue weighted by Gasteiger charge is -2.23. The van der Waals surface area contributed by atoms with E-state index in [1.54, 1.807) is 17.0 Å². The first-order chi connectivity index (χ1) is 10.6. The van der Waals surface area contributed by atoms with Crippen molar-refractivity contribution in [3.8, 4) is 0 Å². The van der Waals surface area contributed by atoms with Crippen molar-refractivity contribution in [3.05, 3.63) is 30.1 Å². The highest BCUT2D eigenvalue weighted by Crippen LogP contribution is 2.25. The molecule has 1 saturated heterocycles. The molecule has 2 aliphatic rings. The molecule has 0 bridgehead atoms. The molecule has 1 aliphatic heterocycles. The molecule has 0 radical (unpaired) electrons. The summed E-state index contributed by atoms with van der Waals surface area (Å²) in [5, 5.41) is 2.91. The van der Waals surface area contributed by atoms with Gasteiger partial charge in [0.15, 0.2) is 0 Å². The van der Waals surface area contributed by atoms with Crippen LogP contribution in [-0.4, -0.2) is 24.4 Å². The molecule has 1 saturated carbocycles. The fourth-order valence-corrected chi connectivity index (χ4v) is 3.35. The Morgan fingerprint density at radius 1 is 1.09 bits per heavy atom. The zero-order valence-corrected chi connectivity index (χ0v) is 12.6. The van der Waals surface area contributed by atoms with E-state index in [1.165, 1.54) is 18.6 Å². The zero-order chi connectivity index (χ0) is 15.5. The molecule has 5 heteroatoms. The average molecular weight is 304 g/mol. The smallest absolute Gasteiger partial charge is 0.249 e. The Morgan fingerprint density at radius 2 is 1.77 bits per heavy atom. The van der Waals surface area contributed by atoms with Crippen LogP contribution in [0.15, 0.2) is 24.3 Å². The lowest BCUT2D eigenvalue weighted by Crippen LogP contribution is -2.44. The highest BCUT2D eigenvalue weighted by atomic mass is 19.1. The van der Waals surface area contributed by atoms with Crippen molar-refractivity contribution in [2.24, 2.45) is 5.92 Å². The molecule has 0 unspecified atom stereocenters. The van der Waals surface area contributed by atoms with E-state index in [9.17, 15) is 14.0 Å². The maximum atomic E-state index is 13.0. The Morgan fingerprint density at radius 3 is 2.45 bits per heavy atom. The number of halogens is 1. The molecule has 3 rings (SSSR count). The number of carbonyl (C=O) groups is 2. The summed E-state index contributed by atoms with van der Waals surface area (Å²) in [6.45, 7) is 0.556. The summed E-state index contributed by atoms with van der Waals surface area (Å²) in [4.78, 5) is 26.3. The van der Waals surface area contributed by atoms with Crippen LogP contribution in [0.25, 0.3) is 0 Å². The molecular weight excluding hydrogens is 283 g/mol. The van der Waals surface area contributed by atoms with Gasteiger partial charge in [0.1, 0.15) is 11.9 Å². The largest absolute Gasteiger partial charge is 0.344 e. The molecule has 1 atom stereocenters. The number of amides is 2. The van der Waals surface area contributed by atoms with Crippen LogP contribution in [0.2, 0.25) is 0 Å². The molecule has 22 heavy (non-hydrogen) atoms. The highest BCUT2D eigenvalue weighted by Gasteiger charge is 2.35. The van der Waals surface area contributed by atoms with E-state index in [-0.39, 0.29) is 23.5 Å². The van der Waals surface area contributed by atoms with Crippen molar-refractivity contribution in [2.45, 2.75) is 44.6 Å². The van der Waals surface area contributed by atoms with Crippen molar-refractivity contribution in [1.82, 2.24) is 5.32 Å². The van der Waals surface area contributed by atoms with Gasteiger partial charge in [-0.1, -0.05) is 19.3 Å². The highest BCUT2D eigenvalue weighted by molar-refractivity contribution is 6.01. The van der Waals surface area contributed by atoms with Gasteiger partial charge in [0.05, 0.1) is 0 Å². The van der Waals surface area contributed by atoms with E-state index in [2.05, 4.69) is 5.32 Å². The quantitative estimate of drug-likeness (QED) is 0.933. The van der Waals surface area contributed by atoms with Crippen molar-refractivity contribution >= 4 is 17.5 Å². The fourth-order valence-electron chi connectivity index (χ4n) is 3.35. The zero-order valence-electron chi connectivity index (χ0n) is 12.6. The van der Waals surface area contributed by atoms with Gasteiger partial charge in [-0.15, -0.1) is 0 Å². The van der Waals surface area contributed by atoms with Crippen LogP contribution in [-0.2, 0) is 9.59 Å². The average Bonchev–Trinajstić information content (AvgIpc) is 2.90. The Balaban J connectivity index is 1.61. The van der Waals surface area contributed by atoms with Gasteiger partial charge < -0.3 is 10.2 Å². The van der Waals surface area contributed by atoms with Crippen molar-refractivity contribution in [1.29, 1.82) is 0 Å². The molecule has 1 heterocycles. The van der Waals surface area contributed by atoms with Crippen LogP contribution in [0.4, 0.5) is 10.1 Å². The molecule has 2 amide bonds. The molecule has 1 aromatic rings. The molecule has 0 aromatic heterocycles. The summed E-state index contributed by atoms with van der Waals surface area (Å²) < 4.78 is 13.0. The SMILES string of the molecule is O=C(N[C@@H]1CCN(c2ccc(F)cc2)C1=O)C1CCCCC1. The predicted octanol–water partition coefficient (Wildman–Crippen LogP) is 2.63. The van der Waals surface area contributed by atoms with E-state index in [4.69, 9.17) is 0 Å². The molecule has 1 N–H and O–H groups in total. The normalized spacial score (nSPS) is 22.9. The number of hydrogen-bond donors (Lipinski definition) is 1. The summed E-state index contributed by atoms with van der Waals surface area (Å²) >= 11 is 0. The van der Waals surface area contributed by atoms with Gasteiger partial charge in [0.2, 0.25) is 11.8 Å². The van der Waals surface area contributed by atoms with Crippen molar-refractivity contribution < 1.29 is 14.0 Å². The third-order valence-corrected chi connectivity index (χ3v) is 4.64. The number of nitrogens with one attached hydrogen (secondary N) is 1. The van der Waals surface area contributed by atoms with Gasteiger partial charge in [-0.25, -0.2) is 4.39 Å². The van der Waals surface area contributed by atoms with Gasteiger partial charge in [-0.05, 0) is 43.5 Å². The number of rotatable bonds is 3. The third-order valence-electron chi connectivity index (χ3n) is 4.64. The van der Waals surface area contributed by atoms with Crippen molar-refractivity contribution in [3.63, 3.8) is 0 Å². The molecule has 0 spiro atoms. The Kier molecular flexibility index (Phi) is 4.41. The fraction of sp³-hybridized carbons (Fsp3) is 0.529. The standard InChI is InChI=1S/C17H21FN2O2/c18-13-6-8-14(9-7-13)20-11-10-15(17(20)22)19-16(21)12-4-2-1-3-5-12/h6-9,12,15H,1-5,10-11H2,(H,19,21)/t15-/m1/s1. The monoisotopic (exact) mass is 304 g/mol. The first-order valence-corrected chi connectivity index (χ1v) is 8.02. The van der Waals surface area contributed by atoms with E-state index in [1.807, 2.05) is 0 Å². The lowest BCUT2D eigenvalue weighted by atomic mass is 9.88. The summed E-state index contributed by atoms with van der Waals surface area (Å²) in [6.07, 6.45) is 5.85. The molecule has 4 nitrogen and oxygen atoms in total. The van der Waals surface area contributed by atoms with Crippen LogP contribution in [0.5, 0.6) is 0 Å². The minimum atomic E-state index is -0.445. The first kappa shape index (κ1) is 15.0. The minimum absolute atomic E-state index is 0.0130. The first-order valence-electron chi connectivity index (χ1n) is 8.02. The third kappa shape index (κ3) is 3.13. The van der Waals surface area contributed by atoms with Crippen LogP contribution < -0.4 is 10.2 Å². The number of hydrogen-bond acceptors (Lipinski definition) is 2. The lowest BCUT2D eigenvalue weighted by molar-refractivity contribution is -0.129. The molecule has 118 valence electrons. The molecular formula is C17H21FN2O2. The molecule has 2 fully saturated rings. The van der Waals surface area contributed by atoms with Gasteiger partial charge >= 0.3 is 0 Å². The molecule has 1 aliphatic carbocycles. The maximum absolute atomic E-state index is 13.0. The van der Waals surface area contributed by atoms with Crippen molar-refractivity contribution in [2.75, 3.05) is 11.4 Å². The number of benzene rings is 1. The Bertz CT molecular complexity index is 552. The summed E-state index contributed by atoms with van der Waals surface area (Å²) in [7, 11) is 0. The maximum Gasteiger partial charge on any atom is 0.249 e. The minimum Gasteiger partial charge on any atom is -0.344 e. The van der Waals surface area contributed by atoms with E-state index < -0.39 is 6.04 Å². The summed E-state index contributed by atoms with van der Waals surface area (Å²) in [5.74, 6) is -0.353. The van der Waals surface area contributed by atoms with Crippen LogP contribution >= 0.6 is 0 Å². The number of anilines is 1. The van der Waals surface area contributed by atoms with Gasteiger partial charge in [0.25, 0.3) is 0 Å². The van der Waals surface area contributed by atoms with Gasteiger partial charge in [0, 0.05) is 18.2 Å². The van der Waals surface area contributed by atoms with Crippen LogP contribution in [0.3, 0.4) is 0 Å². The van der Waals surface area contributed by atoms with Crippen LogP contribution in [0, 0.1) is 11.7 Å². The summed E-state index contributed by atoms with van der Waals surface area (Å²) in [5.41, 5.74) is 0.681. The second-order valence-electron chi connectivity index (χ2n) is 6.15. The van der Waals surface area contributed by atoms with Gasteiger partial charge in [-0.2, -0.15) is 0 Å². The Labute approximate surface area is 129 Å². The molecule has 1 aromatic carbocycles. The second-order valence-corrected chi connectivity index (χ2v) is 6.15. The summed E-state index contributed by atoms with van der Waals surface area (Å²) in [6, 6.07) is 5.43. The number of nitrogens with zero attached hydrogens (tertiary/aromatic N) is 1. The van der Waals surface area contributed by atoms with E-state index >= 15 is 0 Å². The predicted molar refractivity (Wildman–Crippen MR) is 81.9 cm³/mol. The Hall–Kier alpha value is -1.91. The van der Waals surface area contributed by atoms with E-state index in [0.717, 1.165) is 25.7 Å². The van der Waals surface area contributed by atoms with Crippen LogP contribution in [0.1, 0.15) is 38.5 Å².